The summed E-state index contributed by atoms with van der Waals surface area (Å²) in [5, 5.41) is 20.6. The summed E-state index contributed by atoms with van der Waals surface area (Å²) in [6, 6.07) is 12.9. The predicted octanol–water partition coefficient (Wildman–Crippen LogP) is 3.20. The van der Waals surface area contributed by atoms with Crippen LogP contribution in [0.5, 0.6) is 0 Å². The molecule has 0 saturated heterocycles. The van der Waals surface area contributed by atoms with Gasteiger partial charge in [0.1, 0.15) is 5.04 Å². The third-order valence-electron chi connectivity index (χ3n) is 4.35. The minimum Gasteiger partial charge on any atom is -0.481 e. The zero-order valence-electron chi connectivity index (χ0n) is 14.8. The molecule has 140 valence electrons. The van der Waals surface area contributed by atoms with Gasteiger partial charge in [-0.25, -0.2) is 0 Å². The van der Waals surface area contributed by atoms with Crippen LogP contribution in [-0.4, -0.2) is 39.7 Å². The van der Waals surface area contributed by atoms with Crippen LogP contribution in [0, 0.1) is 0 Å². The van der Waals surface area contributed by atoms with Crippen LogP contribution >= 0.6 is 11.8 Å². The van der Waals surface area contributed by atoms with Crippen molar-refractivity contribution in [3.05, 3.63) is 64.7 Å². The van der Waals surface area contributed by atoms with Gasteiger partial charge in [0.2, 0.25) is 0 Å². The molecule has 2 heterocycles. The summed E-state index contributed by atoms with van der Waals surface area (Å²) < 4.78 is 0. The molecular formula is C20H16N4O3S. The van der Waals surface area contributed by atoms with Crippen molar-refractivity contribution in [1.82, 2.24) is 0 Å². The number of hydrogen-bond donors (Lipinski definition) is 2. The largest absolute Gasteiger partial charge is 0.481 e. The van der Waals surface area contributed by atoms with Gasteiger partial charge in [0, 0.05) is 23.8 Å². The fourth-order valence-corrected chi connectivity index (χ4v) is 3.62. The second-order valence-corrected chi connectivity index (χ2v) is 7.33. The normalized spacial score (nSPS) is 14.4. The lowest BCUT2D eigenvalue weighted by Crippen LogP contribution is -2.14. The molecule has 0 saturated carbocycles. The number of nitrogens with one attached hydrogen (secondary N) is 1. The average Bonchev–Trinajstić information content (AvgIpc) is 3.36. The number of anilines is 1. The highest BCUT2D eigenvalue weighted by Crippen LogP contribution is 2.24. The van der Waals surface area contributed by atoms with Crippen LogP contribution < -0.4 is 5.32 Å². The first-order valence-electron chi connectivity index (χ1n) is 8.61. The molecule has 2 aromatic carbocycles. The molecule has 2 aliphatic rings. The smallest absolute Gasteiger partial charge is 0.313 e. The van der Waals surface area contributed by atoms with E-state index in [0.29, 0.717) is 23.6 Å². The molecule has 28 heavy (non-hydrogen) atoms. The third kappa shape index (κ3) is 3.86. The minimum atomic E-state index is -0.891. The summed E-state index contributed by atoms with van der Waals surface area (Å²) in [6.45, 7) is 0.635. The first-order chi connectivity index (χ1) is 13.6. The van der Waals surface area contributed by atoms with Crippen molar-refractivity contribution in [3.63, 3.8) is 0 Å². The number of carboxylic acids is 1. The standard InChI is InChI=1S/C20H16N4O3S/c25-19(26)11-28-18-8-17(23-24-18)12-3-1-4-13(7-12)20(27)22-16-6-2-5-14-9-21-10-15(14)16/h1-7,10H,8-9,11H2,(H,22,27)(H,25,26). The maximum absolute atomic E-state index is 12.7. The number of aliphatic carboxylic acids is 1. The fraction of sp³-hybridized carbons (Fsp3) is 0.150. The van der Waals surface area contributed by atoms with E-state index in [1.807, 2.05) is 24.3 Å². The molecule has 8 heteroatoms. The second kappa shape index (κ2) is 7.77. The quantitative estimate of drug-likeness (QED) is 0.815. The van der Waals surface area contributed by atoms with Crippen molar-refractivity contribution >= 4 is 46.3 Å². The zero-order valence-corrected chi connectivity index (χ0v) is 15.6. The molecule has 0 aliphatic carbocycles. The number of benzene rings is 2. The van der Waals surface area contributed by atoms with Crippen molar-refractivity contribution in [1.29, 1.82) is 0 Å². The molecule has 0 fully saturated rings. The molecule has 0 spiro atoms. The third-order valence-corrected chi connectivity index (χ3v) is 5.30. The summed E-state index contributed by atoms with van der Waals surface area (Å²) >= 11 is 1.16. The molecule has 2 aromatic rings. The molecule has 0 aromatic heterocycles. The van der Waals surface area contributed by atoms with E-state index in [-0.39, 0.29) is 11.7 Å². The van der Waals surface area contributed by atoms with E-state index >= 15 is 0 Å². The van der Waals surface area contributed by atoms with Gasteiger partial charge in [0.25, 0.3) is 5.91 Å². The Labute approximate surface area is 165 Å². The van der Waals surface area contributed by atoms with Crippen molar-refractivity contribution in [3.8, 4) is 0 Å². The Hall–Kier alpha value is -3.26. The van der Waals surface area contributed by atoms with Gasteiger partial charge in [-0.2, -0.15) is 5.10 Å². The summed E-state index contributed by atoms with van der Waals surface area (Å²) in [4.78, 5) is 27.7. The molecule has 2 aliphatic heterocycles. The molecule has 0 unspecified atom stereocenters. The maximum Gasteiger partial charge on any atom is 0.313 e. The SMILES string of the molecule is O=C(O)CSC1=NN=C(c2cccc(C(=O)Nc3cccc4c3C=NC4)c2)C1. The van der Waals surface area contributed by atoms with Gasteiger partial charge in [-0.15, -0.1) is 5.10 Å². The first kappa shape index (κ1) is 18.1. The molecule has 1 amide bonds. The monoisotopic (exact) mass is 392 g/mol. The van der Waals surface area contributed by atoms with E-state index in [1.54, 1.807) is 24.4 Å². The Morgan fingerprint density at radius 1 is 1.14 bits per heavy atom. The lowest BCUT2D eigenvalue weighted by molar-refractivity contribution is -0.133. The van der Waals surface area contributed by atoms with E-state index < -0.39 is 5.97 Å². The van der Waals surface area contributed by atoms with Gasteiger partial charge in [-0.1, -0.05) is 36.0 Å². The molecule has 0 bridgehead atoms. The van der Waals surface area contributed by atoms with E-state index in [4.69, 9.17) is 5.11 Å². The number of amides is 1. The number of rotatable bonds is 5. The summed E-state index contributed by atoms with van der Waals surface area (Å²) in [5.74, 6) is -1.15. The van der Waals surface area contributed by atoms with Crippen LogP contribution in [0.15, 0.2) is 57.7 Å². The lowest BCUT2D eigenvalue weighted by atomic mass is 10.0. The molecule has 0 atom stereocenters. The van der Waals surface area contributed by atoms with Crippen molar-refractivity contribution in [2.75, 3.05) is 11.1 Å². The maximum atomic E-state index is 12.7. The minimum absolute atomic E-state index is 0.0468. The van der Waals surface area contributed by atoms with Gasteiger partial charge in [-0.3, -0.25) is 14.6 Å². The van der Waals surface area contributed by atoms with Crippen LogP contribution in [0.4, 0.5) is 5.69 Å². The van der Waals surface area contributed by atoms with Crippen LogP contribution in [0.25, 0.3) is 0 Å². The second-order valence-electron chi connectivity index (χ2n) is 6.28. The van der Waals surface area contributed by atoms with Gasteiger partial charge in [0.05, 0.1) is 23.7 Å². The van der Waals surface area contributed by atoms with Crippen LogP contribution in [0.2, 0.25) is 0 Å². The highest BCUT2D eigenvalue weighted by atomic mass is 32.2. The van der Waals surface area contributed by atoms with Gasteiger partial charge in [-0.05, 0) is 29.3 Å². The van der Waals surface area contributed by atoms with Gasteiger partial charge in [0.15, 0.2) is 0 Å². The average molecular weight is 392 g/mol. The zero-order chi connectivity index (χ0) is 19.5. The van der Waals surface area contributed by atoms with Crippen LogP contribution in [0.3, 0.4) is 0 Å². The Bertz CT molecular complexity index is 1060. The Balaban J connectivity index is 1.46. The summed E-state index contributed by atoms with van der Waals surface area (Å²) in [6.07, 6.45) is 2.24. The Morgan fingerprint density at radius 3 is 2.86 bits per heavy atom. The number of carbonyl (C=O) groups excluding carboxylic acids is 1. The molecule has 4 rings (SSSR count). The summed E-state index contributed by atoms with van der Waals surface area (Å²) in [5.41, 5.74) is 4.80. The summed E-state index contributed by atoms with van der Waals surface area (Å²) in [7, 11) is 0. The first-order valence-corrected chi connectivity index (χ1v) is 9.60. The number of carbonyl (C=O) groups is 2. The van der Waals surface area contributed by atoms with E-state index in [1.165, 1.54) is 0 Å². The number of hydrogen-bond acceptors (Lipinski definition) is 6. The number of nitrogens with zero attached hydrogens (tertiary/aromatic N) is 3. The molecule has 0 radical (unpaired) electrons. The molecule has 7 nitrogen and oxygen atoms in total. The fourth-order valence-electron chi connectivity index (χ4n) is 3.00. The number of thioether (sulfide) groups is 1. The predicted molar refractivity (Wildman–Crippen MR) is 111 cm³/mol. The van der Waals surface area contributed by atoms with Crippen LogP contribution in [-0.2, 0) is 11.3 Å². The Morgan fingerprint density at radius 2 is 2.00 bits per heavy atom. The lowest BCUT2D eigenvalue weighted by Gasteiger charge is -2.10. The van der Waals surface area contributed by atoms with Crippen molar-refractivity contribution < 1.29 is 14.7 Å². The van der Waals surface area contributed by atoms with E-state index in [9.17, 15) is 9.59 Å². The molecular weight excluding hydrogens is 376 g/mol. The van der Waals surface area contributed by atoms with Gasteiger partial charge >= 0.3 is 5.97 Å². The highest BCUT2D eigenvalue weighted by molar-refractivity contribution is 8.14. The number of aliphatic imine (C=N–C) groups is 1. The molecule has 2 N–H and O–H groups in total. The van der Waals surface area contributed by atoms with Crippen LogP contribution in [0.1, 0.15) is 33.5 Å². The van der Waals surface area contributed by atoms with E-state index in [0.717, 1.165) is 39.9 Å². The number of fused-ring (bicyclic) bond motifs is 1. The number of carboxylic acid groups (broad SMARTS) is 1. The van der Waals surface area contributed by atoms with Crippen molar-refractivity contribution in [2.24, 2.45) is 15.2 Å². The van der Waals surface area contributed by atoms with Crippen molar-refractivity contribution in [2.45, 2.75) is 13.0 Å². The van der Waals surface area contributed by atoms with Gasteiger partial charge < -0.3 is 10.4 Å². The van der Waals surface area contributed by atoms with E-state index in [2.05, 4.69) is 20.5 Å². The Kier molecular flexibility index (Phi) is 5.03. The topological polar surface area (TPSA) is 103 Å². The highest BCUT2D eigenvalue weighted by Gasteiger charge is 2.18.